The van der Waals surface area contributed by atoms with Gasteiger partial charge in [0, 0.05) is 18.6 Å². The van der Waals surface area contributed by atoms with Gasteiger partial charge in [-0.2, -0.15) is 0 Å². The third-order valence-electron chi connectivity index (χ3n) is 3.15. The molecule has 1 aliphatic carbocycles. The number of anilines is 1. The van der Waals surface area contributed by atoms with E-state index in [9.17, 15) is 16.8 Å². The molecular weight excluding hydrogens is 298 g/mol. The van der Waals surface area contributed by atoms with Crippen molar-refractivity contribution in [1.29, 1.82) is 0 Å². The van der Waals surface area contributed by atoms with Crippen molar-refractivity contribution in [1.82, 2.24) is 0 Å². The van der Waals surface area contributed by atoms with Crippen molar-refractivity contribution >= 4 is 25.4 Å². The molecule has 1 N–H and O–H groups in total. The standard InChI is InChI=1S/C13H17NO4S2/c1-19(15,16)11-7-8-12(13(9-11)20(2,17)18)14-10-5-3-4-6-10/h3-4,7-10,14H,5-6H2,1-2H3. The van der Waals surface area contributed by atoms with E-state index in [-0.39, 0.29) is 15.8 Å². The topological polar surface area (TPSA) is 80.3 Å². The lowest BCUT2D eigenvalue weighted by atomic mass is 10.2. The van der Waals surface area contributed by atoms with E-state index in [0.717, 1.165) is 25.4 Å². The van der Waals surface area contributed by atoms with Gasteiger partial charge in [-0.15, -0.1) is 0 Å². The molecule has 0 saturated heterocycles. The van der Waals surface area contributed by atoms with Gasteiger partial charge in [-0.1, -0.05) is 12.2 Å². The Morgan fingerprint density at radius 2 is 1.60 bits per heavy atom. The van der Waals surface area contributed by atoms with E-state index in [1.807, 2.05) is 12.2 Å². The van der Waals surface area contributed by atoms with Gasteiger partial charge in [0.1, 0.15) is 0 Å². The maximum absolute atomic E-state index is 11.9. The van der Waals surface area contributed by atoms with Crippen LogP contribution in [0.4, 0.5) is 5.69 Å². The van der Waals surface area contributed by atoms with Crippen molar-refractivity contribution in [3.8, 4) is 0 Å². The smallest absolute Gasteiger partial charge is 0.177 e. The van der Waals surface area contributed by atoms with Crippen LogP contribution in [0.1, 0.15) is 12.8 Å². The molecule has 0 bridgehead atoms. The van der Waals surface area contributed by atoms with E-state index >= 15 is 0 Å². The average molecular weight is 315 g/mol. The second-order valence-electron chi connectivity index (χ2n) is 4.99. The molecule has 7 heteroatoms. The minimum absolute atomic E-state index is 0.00743. The second kappa shape index (κ2) is 5.21. The van der Waals surface area contributed by atoms with E-state index in [0.29, 0.717) is 5.69 Å². The van der Waals surface area contributed by atoms with Crippen LogP contribution in [0.25, 0.3) is 0 Å². The van der Waals surface area contributed by atoms with Crippen molar-refractivity contribution in [2.75, 3.05) is 17.8 Å². The molecule has 1 aliphatic rings. The molecule has 110 valence electrons. The Morgan fingerprint density at radius 3 is 2.10 bits per heavy atom. The first-order valence-electron chi connectivity index (χ1n) is 6.13. The summed E-state index contributed by atoms with van der Waals surface area (Å²) in [6.07, 6.45) is 7.86. The lowest BCUT2D eigenvalue weighted by Gasteiger charge is -2.17. The normalized spacial score (nSPS) is 16.5. The maximum Gasteiger partial charge on any atom is 0.177 e. The summed E-state index contributed by atoms with van der Waals surface area (Å²) in [5, 5.41) is 3.16. The van der Waals surface area contributed by atoms with Crippen LogP contribution < -0.4 is 5.32 Å². The summed E-state index contributed by atoms with van der Waals surface area (Å²) >= 11 is 0. The number of rotatable bonds is 4. The van der Waals surface area contributed by atoms with E-state index in [1.165, 1.54) is 18.2 Å². The first-order chi connectivity index (χ1) is 9.18. The van der Waals surface area contributed by atoms with Crippen LogP contribution in [0.3, 0.4) is 0 Å². The predicted molar refractivity (Wildman–Crippen MR) is 78.4 cm³/mol. The highest BCUT2D eigenvalue weighted by molar-refractivity contribution is 7.91. The molecule has 0 fully saturated rings. The SMILES string of the molecule is CS(=O)(=O)c1ccc(NC2CC=CC2)c(S(C)(=O)=O)c1. The molecule has 5 nitrogen and oxygen atoms in total. The van der Waals surface area contributed by atoms with Gasteiger partial charge in [-0.25, -0.2) is 16.8 Å². The highest BCUT2D eigenvalue weighted by atomic mass is 32.2. The van der Waals surface area contributed by atoms with Crippen molar-refractivity contribution < 1.29 is 16.8 Å². The van der Waals surface area contributed by atoms with Crippen LogP contribution in [0.15, 0.2) is 40.1 Å². The molecule has 0 atom stereocenters. The predicted octanol–water partition coefficient (Wildman–Crippen LogP) is 1.62. The highest BCUT2D eigenvalue weighted by Gasteiger charge is 2.20. The van der Waals surface area contributed by atoms with Gasteiger partial charge in [-0.3, -0.25) is 0 Å². The molecule has 0 unspecified atom stereocenters. The first kappa shape index (κ1) is 15.1. The van der Waals surface area contributed by atoms with E-state index in [4.69, 9.17) is 0 Å². The minimum Gasteiger partial charge on any atom is -0.381 e. The van der Waals surface area contributed by atoms with Gasteiger partial charge in [0.25, 0.3) is 0 Å². The van der Waals surface area contributed by atoms with Crippen LogP contribution >= 0.6 is 0 Å². The molecule has 20 heavy (non-hydrogen) atoms. The van der Waals surface area contributed by atoms with Crippen molar-refractivity contribution in [2.45, 2.75) is 28.7 Å². The van der Waals surface area contributed by atoms with Crippen LogP contribution in [-0.4, -0.2) is 35.4 Å². The molecule has 0 aromatic heterocycles. The van der Waals surface area contributed by atoms with Crippen molar-refractivity contribution in [3.05, 3.63) is 30.4 Å². The Kier molecular flexibility index (Phi) is 3.93. The lowest BCUT2D eigenvalue weighted by molar-refractivity contribution is 0.600. The second-order valence-corrected chi connectivity index (χ2v) is 8.99. The van der Waals surface area contributed by atoms with Crippen LogP contribution in [0.2, 0.25) is 0 Å². The largest absolute Gasteiger partial charge is 0.381 e. The van der Waals surface area contributed by atoms with Gasteiger partial charge < -0.3 is 5.32 Å². The Hall–Kier alpha value is -1.34. The fourth-order valence-electron chi connectivity index (χ4n) is 2.11. The molecular formula is C13H17NO4S2. The van der Waals surface area contributed by atoms with Crippen molar-refractivity contribution in [2.24, 2.45) is 0 Å². The monoisotopic (exact) mass is 315 g/mol. The molecule has 0 aliphatic heterocycles. The Morgan fingerprint density at radius 1 is 1.00 bits per heavy atom. The van der Waals surface area contributed by atoms with Crippen LogP contribution in [-0.2, 0) is 19.7 Å². The highest BCUT2D eigenvalue weighted by Crippen LogP contribution is 2.27. The van der Waals surface area contributed by atoms with Gasteiger partial charge in [0.2, 0.25) is 0 Å². The molecule has 1 aromatic carbocycles. The summed E-state index contributed by atoms with van der Waals surface area (Å²) in [5.74, 6) is 0. The maximum atomic E-state index is 11.9. The third kappa shape index (κ3) is 3.40. The number of hydrogen-bond donors (Lipinski definition) is 1. The first-order valence-corrected chi connectivity index (χ1v) is 9.92. The molecule has 0 spiro atoms. The molecule has 0 saturated carbocycles. The molecule has 2 rings (SSSR count). The number of hydrogen-bond acceptors (Lipinski definition) is 5. The Balaban J connectivity index is 2.46. The van der Waals surface area contributed by atoms with E-state index < -0.39 is 19.7 Å². The molecule has 0 radical (unpaired) electrons. The fraction of sp³-hybridized carbons (Fsp3) is 0.385. The van der Waals surface area contributed by atoms with Crippen LogP contribution in [0, 0.1) is 0 Å². The number of sulfone groups is 2. The summed E-state index contributed by atoms with van der Waals surface area (Å²) in [6, 6.07) is 4.31. The summed E-state index contributed by atoms with van der Waals surface area (Å²) in [4.78, 5) is 0.0281. The van der Waals surface area contributed by atoms with Gasteiger partial charge in [-0.05, 0) is 31.0 Å². The summed E-state index contributed by atoms with van der Waals surface area (Å²) < 4.78 is 46.8. The molecule has 0 heterocycles. The third-order valence-corrected chi connectivity index (χ3v) is 5.40. The van der Waals surface area contributed by atoms with Gasteiger partial charge in [0.05, 0.1) is 15.5 Å². The number of benzene rings is 1. The average Bonchev–Trinajstić information content (AvgIpc) is 2.79. The Bertz CT molecular complexity index is 741. The molecule has 0 amide bonds. The van der Waals surface area contributed by atoms with Gasteiger partial charge in [0.15, 0.2) is 19.7 Å². The molecule has 1 aromatic rings. The minimum atomic E-state index is -3.51. The lowest BCUT2D eigenvalue weighted by Crippen LogP contribution is -2.17. The van der Waals surface area contributed by atoms with E-state index in [1.54, 1.807) is 0 Å². The summed E-state index contributed by atoms with van der Waals surface area (Å²) in [6.45, 7) is 0. The number of nitrogens with one attached hydrogen (secondary N) is 1. The van der Waals surface area contributed by atoms with E-state index in [2.05, 4.69) is 5.32 Å². The zero-order valence-electron chi connectivity index (χ0n) is 11.3. The summed E-state index contributed by atoms with van der Waals surface area (Å²) in [5.41, 5.74) is 0.452. The van der Waals surface area contributed by atoms with Crippen LogP contribution in [0.5, 0.6) is 0 Å². The quantitative estimate of drug-likeness (QED) is 0.854. The summed E-state index contributed by atoms with van der Waals surface area (Å²) in [7, 11) is -6.94. The van der Waals surface area contributed by atoms with Crippen molar-refractivity contribution in [3.63, 3.8) is 0 Å². The zero-order chi connectivity index (χ0) is 15.0. The Labute approximate surface area is 119 Å². The zero-order valence-corrected chi connectivity index (χ0v) is 13.0. The fourth-order valence-corrected chi connectivity index (χ4v) is 3.70. The van der Waals surface area contributed by atoms with Gasteiger partial charge >= 0.3 is 0 Å².